The van der Waals surface area contributed by atoms with Crippen LogP contribution >= 0.6 is 11.6 Å². The highest BCUT2D eigenvalue weighted by atomic mass is 35.5. The number of hydrogen-bond acceptors (Lipinski definition) is 5. The van der Waals surface area contributed by atoms with E-state index in [1.54, 1.807) is 20.0 Å². The Morgan fingerprint density at radius 2 is 2.04 bits per heavy atom. The number of nitrogens with one attached hydrogen (secondary N) is 1. The van der Waals surface area contributed by atoms with Crippen molar-refractivity contribution in [3.63, 3.8) is 0 Å². The van der Waals surface area contributed by atoms with E-state index in [2.05, 4.69) is 5.32 Å². The Morgan fingerprint density at radius 1 is 1.41 bits per heavy atom. The second kappa shape index (κ2) is 7.76. The zero-order valence-electron chi connectivity index (χ0n) is 15.3. The van der Waals surface area contributed by atoms with Gasteiger partial charge < -0.3 is 5.32 Å². The largest absolute Gasteiger partial charge is 0.373 e. The number of nitrogens with zero attached hydrogens (tertiary/aromatic N) is 3. The second-order valence-electron chi connectivity index (χ2n) is 6.34. The summed E-state index contributed by atoms with van der Waals surface area (Å²) in [6.07, 6.45) is 1.58. The Kier molecular flexibility index (Phi) is 5.86. The lowest BCUT2D eigenvalue weighted by Gasteiger charge is -2.21. The molecule has 0 aromatic heterocycles. The molecule has 1 aliphatic heterocycles. The average Bonchev–Trinajstić information content (AvgIpc) is 2.90. The first-order valence-electron chi connectivity index (χ1n) is 8.05. The van der Waals surface area contributed by atoms with Crippen molar-refractivity contribution < 1.29 is 18.8 Å². The van der Waals surface area contributed by atoms with Gasteiger partial charge in [-0.05, 0) is 32.9 Å². The molecule has 1 atom stereocenters. The number of amides is 3. The van der Waals surface area contributed by atoms with Gasteiger partial charge in [0.05, 0.1) is 22.8 Å². The van der Waals surface area contributed by atoms with Gasteiger partial charge in [0, 0.05) is 12.6 Å². The van der Waals surface area contributed by atoms with E-state index >= 15 is 0 Å². The number of carbonyl (C=O) groups excluding carboxylic acids is 3. The normalized spacial score (nSPS) is 14.9. The lowest BCUT2D eigenvalue weighted by Crippen LogP contribution is -2.36. The van der Waals surface area contributed by atoms with E-state index in [-0.39, 0.29) is 22.8 Å². The SMILES string of the molecule is CC(C)=C1CC(=O)N(c2cc(NC(C)C(=O)N(C)C#N)c(Cl)cc2F)C1=O. The molecule has 1 aromatic carbocycles. The predicted octanol–water partition coefficient (Wildman–Crippen LogP) is 2.82. The summed E-state index contributed by atoms with van der Waals surface area (Å²) < 4.78 is 14.4. The maximum Gasteiger partial charge on any atom is 0.261 e. The molecule has 7 nitrogen and oxygen atoms in total. The van der Waals surface area contributed by atoms with Crippen LogP contribution in [-0.2, 0) is 14.4 Å². The van der Waals surface area contributed by atoms with Crippen LogP contribution in [0.5, 0.6) is 0 Å². The first-order chi connectivity index (χ1) is 12.6. The van der Waals surface area contributed by atoms with Gasteiger partial charge in [-0.2, -0.15) is 5.26 Å². The molecule has 0 bridgehead atoms. The fraction of sp³-hybridized carbons (Fsp3) is 0.333. The maximum absolute atomic E-state index is 14.4. The van der Waals surface area contributed by atoms with E-state index < -0.39 is 29.6 Å². The third kappa shape index (κ3) is 3.93. The summed E-state index contributed by atoms with van der Waals surface area (Å²) in [6.45, 7) is 4.91. The highest BCUT2D eigenvalue weighted by molar-refractivity contribution is 6.34. The Labute approximate surface area is 161 Å². The first-order valence-corrected chi connectivity index (χ1v) is 8.42. The molecule has 0 spiro atoms. The molecule has 1 heterocycles. The van der Waals surface area contributed by atoms with E-state index in [0.29, 0.717) is 11.1 Å². The van der Waals surface area contributed by atoms with Crippen LogP contribution in [0, 0.1) is 17.3 Å². The molecule has 1 fully saturated rings. The number of rotatable bonds is 4. The summed E-state index contributed by atoms with van der Waals surface area (Å²) in [7, 11) is 1.31. The first kappa shape index (κ1) is 20.4. The average molecular weight is 393 g/mol. The van der Waals surface area contributed by atoms with Crippen molar-refractivity contribution in [1.82, 2.24) is 4.90 Å². The van der Waals surface area contributed by atoms with Crippen molar-refractivity contribution in [1.29, 1.82) is 5.26 Å². The molecule has 142 valence electrons. The van der Waals surface area contributed by atoms with Gasteiger partial charge in [0.15, 0.2) is 6.19 Å². The van der Waals surface area contributed by atoms with Crippen LogP contribution < -0.4 is 10.2 Å². The predicted molar refractivity (Wildman–Crippen MR) is 98.4 cm³/mol. The van der Waals surface area contributed by atoms with Crippen molar-refractivity contribution in [3.05, 3.63) is 34.1 Å². The van der Waals surface area contributed by atoms with Gasteiger partial charge in [-0.3, -0.25) is 19.3 Å². The molecule has 0 saturated carbocycles. The van der Waals surface area contributed by atoms with Crippen molar-refractivity contribution in [2.24, 2.45) is 0 Å². The molecular weight excluding hydrogens is 375 g/mol. The molecule has 1 N–H and O–H groups in total. The summed E-state index contributed by atoms with van der Waals surface area (Å²) in [6, 6.07) is 1.33. The summed E-state index contributed by atoms with van der Waals surface area (Å²) in [4.78, 5) is 38.4. The lowest BCUT2D eigenvalue weighted by atomic mass is 10.1. The molecule has 1 saturated heterocycles. The molecule has 27 heavy (non-hydrogen) atoms. The second-order valence-corrected chi connectivity index (χ2v) is 6.74. The van der Waals surface area contributed by atoms with Crippen LogP contribution in [0.4, 0.5) is 15.8 Å². The van der Waals surface area contributed by atoms with Gasteiger partial charge in [0.25, 0.3) is 11.8 Å². The Morgan fingerprint density at radius 3 is 2.56 bits per heavy atom. The quantitative estimate of drug-likeness (QED) is 0.368. The zero-order valence-corrected chi connectivity index (χ0v) is 16.0. The van der Waals surface area contributed by atoms with E-state index in [1.165, 1.54) is 20.0 Å². The van der Waals surface area contributed by atoms with Crippen LogP contribution in [0.3, 0.4) is 0 Å². The summed E-state index contributed by atoms with van der Waals surface area (Å²) in [5.41, 5.74) is 0.915. The zero-order chi connectivity index (χ0) is 20.5. The number of imide groups is 1. The van der Waals surface area contributed by atoms with Crippen molar-refractivity contribution in [3.8, 4) is 6.19 Å². The van der Waals surface area contributed by atoms with E-state index in [0.717, 1.165) is 15.9 Å². The number of nitriles is 1. The van der Waals surface area contributed by atoms with E-state index in [9.17, 15) is 18.8 Å². The topological polar surface area (TPSA) is 93.5 Å². The number of anilines is 2. The van der Waals surface area contributed by atoms with Crippen molar-refractivity contribution >= 4 is 40.7 Å². The van der Waals surface area contributed by atoms with Crippen LogP contribution in [0.15, 0.2) is 23.3 Å². The van der Waals surface area contributed by atoms with Crippen molar-refractivity contribution in [2.45, 2.75) is 33.2 Å². The van der Waals surface area contributed by atoms with Crippen LogP contribution in [-0.4, -0.2) is 35.7 Å². The van der Waals surface area contributed by atoms with Gasteiger partial charge in [-0.15, -0.1) is 0 Å². The number of halogens is 2. The number of benzene rings is 1. The fourth-order valence-electron chi connectivity index (χ4n) is 2.64. The van der Waals surface area contributed by atoms with Crippen LogP contribution in [0.25, 0.3) is 0 Å². The Bertz CT molecular complexity index is 903. The standard InChI is InChI=1S/C18H18ClFN4O3/c1-9(2)11-5-16(25)24(18(11)27)15-7-14(12(19)6-13(15)20)22-10(3)17(26)23(4)8-21/h6-7,10,22H,5H2,1-4H3. The molecule has 0 aliphatic carbocycles. The molecule has 0 radical (unpaired) electrons. The molecule has 1 aliphatic rings. The van der Waals surface area contributed by atoms with E-state index in [4.69, 9.17) is 16.9 Å². The summed E-state index contributed by atoms with van der Waals surface area (Å²) in [5, 5.41) is 11.5. The Hall–Kier alpha value is -2.92. The van der Waals surface area contributed by atoms with Crippen LogP contribution in [0.1, 0.15) is 27.2 Å². The van der Waals surface area contributed by atoms with Gasteiger partial charge in [0.1, 0.15) is 11.9 Å². The number of likely N-dealkylation sites (N-methyl/N-ethyl adjacent to an activating group) is 1. The maximum atomic E-state index is 14.4. The highest BCUT2D eigenvalue weighted by Crippen LogP contribution is 2.35. The third-order valence-electron chi connectivity index (χ3n) is 4.14. The Balaban J connectivity index is 2.41. The minimum absolute atomic E-state index is 0.0305. The molecular formula is C18H18ClFN4O3. The number of allylic oxidation sites excluding steroid dienone is 1. The van der Waals surface area contributed by atoms with Crippen molar-refractivity contribution in [2.75, 3.05) is 17.3 Å². The number of carbonyl (C=O) groups is 3. The third-order valence-corrected chi connectivity index (χ3v) is 4.46. The highest BCUT2D eigenvalue weighted by Gasteiger charge is 2.37. The number of hydrogen-bond donors (Lipinski definition) is 1. The molecule has 3 amide bonds. The lowest BCUT2D eigenvalue weighted by molar-refractivity contribution is -0.127. The van der Waals surface area contributed by atoms with Gasteiger partial charge in [-0.25, -0.2) is 9.29 Å². The molecule has 2 rings (SSSR count). The minimum atomic E-state index is -0.844. The fourth-order valence-corrected chi connectivity index (χ4v) is 2.85. The van der Waals surface area contributed by atoms with Gasteiger partial charge >= 0.3 is 0 Å². The summed E-state index contributed by atoms with van der Waals surface area (Å²) in [5.74, 6) is -2.49. The summed E-state index contributed by atoms with van der Waals surface area (Å²) >= 11 is 6.03. The molecule has 1 aromatic rings. The van der Waals surface area contributed by atoms with Gasteiger partial charge in [0.2, 0.25) is 5.91 Å². The van der Waals surface area contributed by atoms with E-state index in [1.807, 2.05) is 0 Å². The van der Waals surface area contributed by atoms with Gasteiger partial charge in [-0.1, -0.05) is 17.2 Å². The molecule has 1 unspecified atom stereocenters. The monoisotopic (exact) mass is 392 g/mol. The molecule has 9 heteroatoms. The minimum Gasteiger partial charge on any atom is -0.373 e. The van der Waals surface area contributed by atoms with Crippen LogP contribution in [0.2, 0.25) is 5.02 Å². The smallest absolute Gasteiger partial charge is 0.261 e.